The summed E-state index contributed by atoms with van der Waals surface area (Å²) in [5.41, 5.74) is 0. The van der Waals surface area contributed by atoms with E-state index in [1.807, 2.05) is 0 Å². The fourth-order valence-electron chi connectivity index (χ4n) is 1.68. The summed E-state index contributed by atoms with van der Waals surface area (Å²) < 4.78 is 27.2. The number of aliphatic hydroxyl groups is 1. The van der Waals surface area contributed by atoms with Gasteiger partial charge in [0.1, 0.15) is 0 Å². The lowest BCUT2D eigenvalue weighted by molar-refractivity contribution is 0.163. The van der Waals surface area contributed by atoms with Crippen molar-refractivity contribution in [2.75, 3.05) is 31.8 Å². The summed E-state index contributed by atoms with van der Waals surface area (Å²) in [6.07, 6.45) is 1.12. The maximum absolute atomic E-state index is 11.2. The van der Waals surface area contributed by atoms with Crippen molar-refractivity contribution in [3.8, 4) is 0 Å². The second kappa shape index (κ2) is 5.79. The lowest BCUT2D eigenvalue weighted by Gasteiger charge is -2.14. The molecule has 6 heteroatoms. The molecule has 2 N–H and O–H groups in total. The minimum absolute atomic E-state index is 0.0540. The molecule has 0 amide bonds. The van der Waals surface area contributed by atoms with Crippen LogP contribution < -0.4 is 5.32 Å². The van der Waals surface area contributed by atoms with E-state index >= 15 is 0 Å². The molecule has 0 aromatic carbocycles. The monoisotopic (exact) mass is 237 g/mol. The second-order valence-electron chi connectivity index (χ2n) is 3.90. The number of methoxy groups -OCH3 is 1. The summed E-state index contributed by atoms with van der Waals surface area (Å²) in [4.78, 5) is 0. The van der Waals surface area contributed by atoms with Gasteiger partial charge in [-0.3, -0.25) is 0 Å². The summed E-state index contributed by atoms with van der Waals surface area (Å²) >= 11 is 0. The molecule has 90 valence electrons. The van der Waals surface area contributed by atoms with Gasteiger partial charge in [-0.1, -0.05) is 0 Å². The van der Waals surface area contributed by atoms with Crippen LogP contribution in [-0.2, 0) is 14.6 Å². The van der Waals surface area contributed by atoms with Crippen LogP contribution in [0.15, 0.2) is 0 Å². The SMILES string of the molecule is COCCCCNC1CS(=O)(=O)CC1O. The summed E-state index contributed by atoms with van der Waals surface area (Å²) in [6.45, 7) is 1.44. The zero-order valence-corrected chi connectivity index (χ0v) is 9.79. The van der Waals surface area contributed by atoms with Gasteiger partial charge in [-0.2, -0.15) is 0 Å². The van der Waals surface area contributed by atoms with Crippen LogP contribution in [0.1, 0.15) is 12.8 Å². The van der Waals surface area contributed by atoms with Crippen LogP contribution in [0.25, 0.3) is 0 Å². The molecule has 0 bridgehead atoms. The van der Waals surface area contributed by atoms with Gasteiger partial charge in [-0.05, 0) is 19.4 Å². The molecule has 2 atom stereocenters. The molecular formula is C9H19NO4S. The summed E-state index contributed by atoms with van der Waals surface area (Å²) in [6, 6.07) is -0.294. The highest BCUT2D eigenvalue weighted by Crippen LogP contribution is 2.12. The van der Waals surface area contributed by atoms with E-state index in [1.165, 1.54) is 0 Å². The molecule has 2 unspecified atom stereocenters. The van der Waals surface area contributed by atoms with Crippen molar-refractivity contribution in [2.24, 2.45) is 0 Å². The Kier molecular flexibility index (Phi) is 4.98. The van der Waals surface area contributed by atoms with E-state index in [1.54, 1.807) is 7.11 Å². The van der Waals surface area contributed by atoms with Crippen LogP contribution in [0.5, 0.6) is 0 Å². The van der Waals surface area contributed by atoms with Crippen LogP contribution in [0, 0.1) is 0 Å². The quantitative estimate of drug-likeness (QED) is 0.589. The van der Waals surface area contributed by atoms with Crippen LogP contribution >= 0.6 is 0 Å². The van der Waals surface area contributed by atoms with Crippen molar-refractivity contribution in [2.45, 2.75) is 25.0 Å². The number of hydrogen-bond acceptors (Lipinski definition) is 5. The van der Waals surface area contributed by atoms with Crippen LogP contribution in [-0.4, -0.2) is 57.4 Å². The van der Waals surface area contributed by atoms with Crippen LogP contribution in [0.3, 0.4) is 0 Å². The molecule has 0 aromatic rings. The van der Waals surface area contributed by atoms with Gasteiger partial charge < -0.3 is 15.2 Å². The minimum atomic E-state index is -3.03. The first kappa shape index (κ1) is 12.9. The fourth-order valence-corrected chi connectivity index (χ4v) is 3.46. The average Bonchev–Trinajstić information content (AvgIpc) is 2.39. The number of sulfone groups is 1. The highest BCUT2D eigenvalue weighted by molar-refractivity contribution is 7.91. The average molecular weight is 237 g/mol. The molecular weight excluding hydrogens is 218 g/mol. The smallest absolute Gasteiger partial charge is 0.154 e. The van der Waals surface area contributed by atoms with Gasteiger partial charge in [0.15, 0.2) is 9.84 Å². The van der Waals surface area contributed by atoms with Gasteiger partial charge >= 0.3 is 0 Å². The van der Waals surface area contributed by atoms with Crippen molar-refractivity contribution in [1.82, 2.24) is 5.32 Å². The Hall–Kier alpha value is -0.170. The predicted molar refractivity (Wildman–Crippen MR) is 57.6 cm³/mol. The Morgan fingerprint density at radius 2 is 2.13 bits per heavy atom. The molecule has 0 aliphatic carbocycles. The summed E-state index contributed by atoms with van der Waals surface area (Å²) in [5, 5.41) is 12.5. The topological polar surface area (TPSA) is 75.6 Å². The lowest BCUT2D eigenvalue weighted by Crippen LogP contribution is -2.39. The van der Waals surface area contributed by atoms with Gasteiger partial charge in [0, 0.05) is 19.8 Å². The molecule has 0 spiro atoms. The molecule has 0 saturated carbocycles. The maximum atomic E-state index is 11.2. The first-order valence-corrected chi connectivity index (χ1v) is 6.98. The van der Waals surface area contributed by atoms with E-state index in [0.717, 1.165) is 19.4 Å². The van der Waals surface area contributed by atoms with Gasteiger partial charge in [0.25, 0.3) is 0 Å². The molecule has 1 aliphatic heterocycles. The molecule has 1 aliphatic rings. The zero-order chi connectivity index (χ0) is 11.3. The normalized spacial score (nSPS) is 29.5. The molecule has 1 rings (SSSR count). The van der Waals surface area contributed by atoms with Gasteiger partial charge in [0.05, 0.1) is 17.6 Å². The summed E-state index contributed by atoms with van der Waals surface area (Å²) in [5.74, 6) is -0.0544. The fraction of sp³-hybridized carbons (Fsp3) is 1.00. The highest BCUT2D eigenvalue weighted by Gasteiger charge is 2.35. The Morgan fingerprint density at radius 3 is 2.67 bits per heavy atom. The first-order chi connectivity index (χ1) is 7.05. The number of hydrogen-bond donors (Lipinski definition) is 2. The third-order valence-corrected chi connectivity index (χ3v) is 4.22. The van der Waals surface area contributed by atoms with Crippen molar-refractivity contribution >= 4 is 9.84 Å². The standard InChI is InChI=1S/C9H19NO4S/c1-14-5-3-2-4-10-8-6-15(12,13)7-9(8)11/h8-11H,2-7H2,1H3. The van der Waals surface area contributed by atoms with E-state index < -0.39 is 15.9 Å². The van der Waals surface area contributed by atoms with Crippen molar-refractivity contribution in [1.29, 1.82) is 0 Å². The second-order valence-corrected chi connectivity index (χ2v) is 6.06. The molecule has 0 aromatic heterocycles. The zero-order valence-electron chi connectivity index (χ0n) is 8.98. The van der Waals surface area contributed by atoms with Crippen molar-refractivity contribution in [3.05, 3.63) is 0 Å². The minimum Gasteiger partial charge on any atom is -0.390 e. The van der Waals surface area contributed by atoms with E-state index in [4.69, 9.17) is 4.74 Å². The molecule has 1 fully saturated rings. The van der Waals surface area contributed by atoms with Crippen LogP contribution in [0.2, 0.25) is 0 Å². The molecule has 5 nitrogen and oxygen atoms in total. The third kappa shape index (κ3) is 4.46. The first-order valence-electron chi connectivity index (χ1n) is 5.16. The van der Waals surface area contributed by atoms with Gasteiger partial charge in [0.2, 0.25) is 0 Å². The Bertz CT molecular complexity index is 278. The number of unbranched alkanes of at least 4 members (excludes halogenated alkanes) is 1. The van der Waals surface area contributed by atoms with E-state index in [0.29, 0.717) is 6.61 Å². The van der Waals surface area contributed by atoms with E-state index in [9.17, 15) is 13.5 Å². The van der Waals surface area contributed by atoms with E-state index in [2.05, 4.69) is 5.32 Å². The number of rotatable bonds is 6. The number of aliphatic hydroxyl groups excluding tert-OH is 1. The largest absolute Gasteiger partial charge is 0.390 e. The predicted octanol–water partition coefficient (Wildman–Crippen LogP) is -0.839. The number of ether oxygens (including phenoxy) is 1. The third-order valence-electron chi connectivity index (χ3n) is 2.50. The Balaban J connectivity index is 2.17. The van der Waals surface area contributed by atoms with E-state index in [-0.39, 0.29) is 17.5 Å². The van der Waals surface area contributed by atoms with Crippen molar-refractivity contribution < 1.29 is 18.3 Å². The van der Waals surface area contributed by atoms with Crippen molar-refractivity contribution in [3.63, 3.8) is 0 Å². The van der Waals surface area contributed by atoms with Crippen LogP contribution in [0.4, 0.5) is 0 Å². The Labute approximate surface area is 90.7 Å². The lowest BCUT2D eigenvalue weighted by atomic mass is 10.2. The van der Waals surface area contributed by atoms with Gasteiger partial charge in [-0.25, -0.2) is 8.42 Å². The van der Waals surface area contributed by atoms with Gasteiger partial charge in [-0.15, -0.1) is 0 Å². The molecule has 0 radical (unpaired) electrons. The highest BCUT2D eigenvalue weighted by atomic mass is 32.2. The molecule has 15 heavy (non-hydrogen) atoms. The maximum Gasteiger partial charge on any atom is 0.154 e. The summed E-state index contributed by atoms with van der Waals surface area (Å²) in [7, 11) is -1.38. The number of nitrogens with one attached hydrogen (secondary N) is 1. The molecule has 1 heterocycles. The Morgan fingerprint density at radius 1 is 1.40 bits per heavy atom. The molecule has 1 saturated heterocycles.